The number of rotatable bonds is 8. The molecule has 0 radical (unpaired) electrons. The number of aromatic nitrogens is 2. The summed E-state index contributed by atoms with van der Waals surface area (Å²) in [7, 11) is -1.74. The first kappa shape index (κ1) is 31.9. The van der Waals surface area contributed by atoms with E-state index in [0.29, 0.717) is 16.9 Å². The standard InChI is InChI=1S/C32H36N6O5S2/c1-32(2,3)43-31(40)35-26-8-6-5-7-25(26)34-29(39)11-9-23-14-16-38(22-23)45(41,42)30-12-10-27(44-30)24-13-15-33-28(21-24)37-19-17-36(4)18-20-37/h5-16,21-22H,17-20H2,1-4H3,(H,34,39)(H,35,40). The van der Waals surface area contributed by atoms with E-state index in [4.69, 9.17) is 4.74 Å². The summed E-state index contributed by atoms with van der Waals surface area (Å²) in [6.07, 6.45) is 6.83. The molecule has 2 N–H and O–H groups in total. The SMILES string of the molecule is CN1CCN(c2cc(-c3ccc(S(=O)(=O)n4ccc(C=CC(=O)Nc5ccccc5NC(=O)OC(C)(C)C)c4)s3)ccn2)CC1. The number of benzene rings is 1. The van der Waals surface area contributed by atoms with E-state index < -0.39 is 27.6 Å². The van der Waals surface area contributed by atoms with Crippen LogP contribution in [0.3, 0.4) is 0 Å². The first-order valence-corrected chi connectivity index (χ1v) is 16.6. The minimum absolute atomic E-state index is 0.202. The number of carbonyl (C=O) groups excluding carboxylic acids is 2. The molecule has 1 fully saturated rings. The van der Waals surface area contributed by atoms with E-state index in [1.165, 1.54) is 35.9 Å². The van der Waals surface area contributed by atoms with Crippen LogP contribution < -0.4 is 15.5 Å². The summed E-state index contributed by atoms with van der Waals surface area (Å²) in [4.78, 5) is 34.8. The van der Waals surface area contributed by atoms with Gasteiger partial charge in [0.25, 0.3) is 10.0 Å². The van der Waals surface area contributed by atoms with Crippen molar-refractivity contribution < 1.29 is 22.7 Å². The molecule has 236 valence electrons. The summed E-state index contributed by atoms with van der Waals surface area (Å²) in [6.45, 7) is 8.99. The number of pyridine rings is 1. The Bertz CT molecular complexity index is 1810. The van der Waals surface area contributed by atoms with E-state index in [2.05, 4.69) is 32.5 Å². The Kier molecular flexibility index (Phi) is 9.42. The molecule has 0 aliphatic carbocycles. The third kappa shape index (κ3) is 8.18. The van der Waals surface area contributed by atoms with Crippen molar-refractivity contribution in [3.05, 3.63) is 84.8 Å². The number of thiophene rings is 1. The van der Waals surface area contributed by atoms with Crippen LogP contribution in [-0.2, 0) is 19.6 Å². The third-order valence-corrected chi connectivity index (χ3v) is 10.1. The number of carbonyl (C=O) groups is 2. The number of hydrogen-bond acceptors (Lipinski definition) is 9. The topological polar surface area (TPSA) is 126 Å². The van der Waals surface area contributed by atoms with Gasteiger partial charge in [-0.1, -0.05) is 12.1 Å². The molecule has 2 amide bonds. The highest BCUT2D eigenvalue weighted by Crippen LogP contribution is 2.33. The zero-order valence-electron chi connectivity index (χ0n) is 25.6. The number of ether oxygens (including phenoxy) is 1. The average molecular weight is 649 g/mol. The second-order valence-corrected chi connectivity index (χ2v) is 14.7. The van der Waals surface area contributed by atoms with Crippen molar-refractivity contribution in [1.82, 2.24) is 13.9 Å². The Balaban J connectivity index is 1.24. The van der Waals surface area contributed by atoms with E-state index in [1.807, 2.05) is 18.2 Å². The van der Waals surface area contributed by atoms with E-state index in [9.17, 15) is 18.0 Å². The Morgan fingerprint density at radius 3 is 2.40 bits per heavy atom. The Morgan fingerprint density at radius 1 is 0.978 bits per heavy atom. The van der Waals surface area contributed by atoms with E-state index in [0.717, 1.165) is 46.4 Å². The maximum atomic E-state index is 13.4. The number of likely N-dealkylation sites (N-methyl/N-ethyl adjacent to an activating group) is 1. The van der Waals surface area contributed by atoms with Gasteiger partial charge in [-0.15, -0.1) is 11.3 Å². The van der Waals surface area contributed by atoms with Crippen LogP contribution in [0.25, 0.3) is 16.5 Å². The summed E-state index contributed by atoms with van der Waals surface area (Å²) in [5, 5.41) is 5.37. The highest BCUT2D eigenvalue weighted by Gasteiger charge is 2.21. The Labute approximate surface area is 267 Å². The zero-order valence-corrected chi connectivity index (χ0v) is 27.2. The summed E-state index contributed by atoms with van der Waals surface area (Å²) in [5.41, 5.74) is 1.53. The maximum Gasteiger partial charge on any atom is 0.412 e. The molecule has 0 atom stereocenters. The van der Waals surface area contributed by atoms with Crippen molar-refractivity contribution in [3.63, 3.8) is 0 Å². The quantitative estimate of drug-likeness (QED) is 0.237. The van der Waals surface area contributed by atoms with Gasteiger partial charge in [-0.2, -0.15) is 8.42 Å². The van der Waals surface area contributed by atoms with Crippen LogP contribution in [0.15, 0.2) is 83.5 Å². The lowest BCUT2D eigenvalue weighted by Gasteiger charge is -2.33. The average Bonchev–Trinajstić information content (AvgIpc) is 3.68. The number of nitrogens with zero attached hydrogens (tertiary/aromatic N) is 4. The minimum Gasteiger partial charge on any atom is -0.444 e. The molecular weight excluding hydrogens is 613 g/mol. The summed E-state index contributed by atoms with van der Waals surface area (Å²) < 4.78 is 33.5. The van der Waals surface area contributed by atoms with Crippen molar-refractivity contribution in [2.24, 2.45) is 0 Å². The van der Waals surface area contributed by atoms with Crippen LogP contribution in [0.1, 0.15) is 26.3 Å². The van der Waals surface area contributed by atoms with Gasteiger partial charge < -0.3 is 19.9 Å². The van der Waals surface area contributed by atoms with E-state index in [-0.39, 0.29) is 4.21 Å². The molecule has 13 heteroatoms. The van der Waals surface area contributed by atoms with Crippen molar-refractivity contribution in [3.8, 4) is 10.4 Å². The first-order valence-electron chi connectivity index (χ1n) is 14.4. The molecule has 0 unspecified atom stereocenters. The van der Waals surface area contributed by atoms with Gasteiger partial charge in [-0.3, -0.25) is 10.1 Å². The van der Waals surface area contributed by atoms with Gasteiger partial charge in [-0.25, -0.2) is 13.8 Å². The van der Waals surface area contributed by atoms with Gasteiger partial charge in [0.2, 0.25) is 5.91 Å². The maximum absolute atomic E-state index is 13.4. The first-order chi connectivity index (χ1) is 21.4. The lowest BCUT2D eigenvalue weighted by molar-refractivity contribution is -0.111. The molecule has 0 bridgehead atoms. The lowest BCUT2D eigenvalue weighted by atomic mass is 10.2. The molecule has 1 saturated heterocycles. The Hall–Kier alpha value is -4.46. The van der Waals surface area contributed by atoms with Crippen LogP contribution in [0, 0.1) is 0 Å². The number of anilines is 3. The van der Waals surface area contributed by atoms with E-state index >= 15 is 0 Å². The smallest absolute Gasteiger partial charge is 0.412 e. The second-order valence-electron chi connectivity index (χ2n) is 11.6. The number of hydrogen-bond donors (Lipinski definition) is 2. The molecule has 1 aliphatic heterocycles. The van der Waals surface area contributed by atoms with Gasteiger partial charge in [0.1, 0.15) is 15.6 Å². The summed E-state index contributed by atoms with van der Waals surface area (Å²) >= 11 is 1.20. The third-order valence-electron chi connectivity index (χ3n) is 6.91. The highest BCUT2D eigenvalue weighted by atomic mass is 32.2. The molecule has 3 aromatic heterocycles. The molecule has 1 aromatic carbocycles. The van der Waals surface area contributed by atoms with Crippen LogP contribution >= 0.6 is 11.3 Å². The predicted octanol–water partition coefficient (Wildman–Crippen LogP) is 5.60. The van der Waals surface area contributed by atoms with Gasteiger partial charge >= 0.3 is 6.09 Å². The Morgan fingerprint density at radius 2 is 1.69 bits per heavy atom. The molecule has 4 heterocycles. The van der Waals surface area contributed by atoms with Crippen LogP contribution in [0.4, 0.5) is 22.0 Å². The van der Waals surface area contributed by atoms with Gasteiger partial charge in [0, 0.05) is 55.7 Å². The minimum atomic E-state index is -3.84. The molecule has 11 nitrogen and oxygen atoms in total. The van der Waals surface area contributed by atoms with Crippen LogP contribution in [0.2, 0.25) is 0 Å². The van der Waals surface area contributed by atoms with Crippen molar-refractivity contribution >= 4 is 56.6 Å². The van der Waals surface area contributed by atoms with Crippen LogP contribution in [-0.4, -0.2) is 73.1 Å². The molecular formula is C32H36N6O5S2. The van der Waals surface area contributed by atoms with Gasteiger partial charge in [-0.05, 0) is 87.5 Å². The number of para-hydroxylation sites is 2. The fourth-order valence-corrected chi connectivity index (χ4v) is 7.21. The fraction of sp³-hybridized carbons (Fsp3) is 0.281. The predicted molar refractivity (Wildman–Crippen MR) is 178 cm³/mol. The molecule has 4 aromatic rings. The molecule has 0 spiro atoms. The number of nitrogens with one attached hydrogen (secondary N) is 2. The molecule has 5 rings (SSSR count). The largest absolute Gasteiger partial charge is 0.444 e. The van der Waals surface area contributed by atoms with Crippen molar-refractivity contribution in [2.45, 2.75) is 30.6 Å². The van der Waals surface area contributed by atoms with Crippen molar-refractivity contribution in [1.29, 1.82) is 0 Å². The van der Waals surface area contributed by atoms with Gasteiger partial charge in [0.15, 0.2) is 0 Å². The zero-order chi connectivity index (χ0) is 32.2. The van der Waals surface area contributed by atoms with E-state index in [1.54, 1.807) is 63.4 Å². The number of amides is 2. The second kappa shape index (κ2) is 13.3. The molecule has 45 heavy (non-hydrogen) atoms. The lowest BCUT2D eigenvalue weighted by Crippen LogP contribution is -2.44. The van der Waals surface area contributed by atoms with Gasteiger partial charge in [0.05, 0.1) is 11.4 Å². The highest BCUT2D eigenvalue weighted by molar-refractivity contribution is 7.92. The molecule has 1 aliphatic rings. The van der Waals surface area contributed by atoms with Crippen LogP contribution in [0.5, 0.6) is 0 Å². The summed E-state index contributed by atoms with van der Waals surface area (Å²) in [5.74, 6) is 0.423. The molecule has 0 saturated carbocycles. The van der Waals surface area contributed by atoms with Crippen molar-refractivity contribution in [2.75, 3.05) is 48.8 Å². The summed E-state index contributed by atoms with van der Waals surface area (Å²) in [6, 6.07) is 15.7. The monoisotopic (exact) mass is 648 g/mol. The fourth-order valence-electron chi connectivity index (χ4n) is 4.60. The number of piperazine rings is 1. The normalized spacial score (nSPS) is 14.4.